The number of benzene rings is 2. The number of halogens is 2. The van der Waals surface area contributed by atoms with Crippen molar-refractivity contribution < 1.29 is 38.3 Å². The van der Waals surface area contributed by atoms with Crippen molar-refractivity contribution >= 4 is 70.1 Å². The Labute approximate surface area is 287 Å². The molecule has 4 amide bonds. The van der Waals surface area contributed by atoms with Crippen LogP contribution in [0.15, 0.2) is 36.7 Å². The molecule has 0 bridgehead atoms. The lowest BCUT2D eigenvalue weighted by molar-refractivity contribution is -0.384. The van der Waals surface area contributed by atoms with Gasteiger partial charge in [0.2, 0.25) is 0 Å². The Morgan fingerprint density at radius 3 is 1.85 bits per heavy atom. The van der Waals surface area contributed by atoms with E-state index in [2.05, 4.69) is 9.97 Å². The van der Waals surface area contributed by atoms with Gasteiger partial charge in [-0.1, -0.05) is 29.3 Å². The topological polar surface area (TPSA) is 167 Å². The van der Waals surface area contributed by atoms with Gasteiger partial charge in [0.15, 0.2) is 0 Å². The molecule has 48 heavy (non-hydrogen) atoms. The van der Waals surface area contributed by atoms with Crippen LogP contribution in [0.3, 0.4) is 0 Å². The number of nitro groups is 1. The normalized spacial score (nSPS) is 11.3. The summed E-state index contributed by atoms with van der Waals surface area (Å²) in [5.74, 6) is -0.268. The molecule has 0 saturated heterocycles. The minimum absolute atomic E-state index is 0.0361. The van der Waals surface area contributed by atoms with Crippen LogP contribution in [0, 0.1) is 17.0 Å². The van der Waals surface area contributed by atoms with Crippen molar-refractivity contribution in [3.63, 3.8) is 0 Å². The van der Waals surface area contributed by atoms with E-state index in [1.807, 2.05) is 0 Å². The van der Waals surface area contributed by atoms with Gasteiger partial charge in [0, 0.05) is 25.2 Å². The summed E-state index contributed by atoms with van der Waals surface area (Å²) in [6.45, 7) is 11.3. The number of nitro benzene ring substituents is 1. The van der Waals surface area contributed by atoms with Crippen molar-refractivity contribution in [2.45, 2.75) is 59.7 Å². The quantitative estimate of drug-likeness (QED) is 0.172. The fraction of sp³-hybridized carbons (Fsp3) is 0.387. The Balaban J connectivity index is 2.23. The molecule has 1 heterocycles. The number of aromatic nitrogens is 2. The van der Waals surface area contributed by atoms with Crippen LogP contribution in [0.4, 0.5) is 43.1 Å². The first-order valence-corrected chi connectivity index (χ1v) is 15.0. The molecular weight excluding hydrogens is 671 g/mol. The van der Waals surface area contributed by atoms with Gasteiger partial charge in [-0.15, -0.1) is 0 Å². The average Bonchev–Trinajstić information content (AvgIpc) is 2.97. The maximum Gasteiger partial charge on any atom is 0.423 e. The molecule has 0 aliphatic rings. The number of rotatable bonds is 7. The molecule has 3 aromatic rings. The van der Waals surface area contributed by atoms with Crippen molar-refractivity contribution in [2.75, 3.05) is 36.0 Å². The minimum Gasteiger partial charge on any atom is -0.495 e. The number of methoxy groups -OCH3 is 2. The molecular formula is C31H36Cl2N6O9. The zero-order valence-corrected chi connectivity index (χ0v) is 29.6. The first-order valence-electron chi connectivity index (χ1n) is 14.2. The summed E-state index contributed by atoms with van der Waals surface area (Å²) in [4.78, 5) is 63.6. The van der Waals surface area contributed by atoms with E-state index >= 15 is 0 Å². The summed E-state index contributed by atoms with van der Waals surface area (Å²) in [6, 6.07) is 5.76. The molecule has 1 aromatic heterocycles. The van der Waals surface area contributed by atoms with E-state index in [4.69, 9.17) is 42.1 Å². The highest BCUT2D eigenvalue weighted by molar-refractivity contribution is 6.43. The Morgan fingerprint density at radius 2 is 1.35 bits per heavy atom. The number of hydrogen-bond acceptors (Lipinski definition) is 11. The van der Waals surface area contributed by atoms with Crippen molar-refractivity contribution in [1.29, 1.82) is 0 Å². The summed E-state index contributed by atoms with van der Waals surface area (Å²) in [5.41, 5.74) is -2.36. The third-order valence-electron chi connectivity index (χ3n) is 6.18. The molecule has 0 fully saturated rings. The van der Waals surface area contributed by atoms with Gasteiger partial charge in [-0.25, -0.2) is 29.3 Å². The third-order valence-corrected chi connectivity index (χ3v) is 6.91. The average molecular weight is 708 g/mol. The largest absolute Gasteiger partial charge is 0.495 e. The van der Waals surface area contributed by atoms with Crippen LogP contribution < -0.4 is 24.2 Å². The SMILES string of the molecule is COc1cc(OC)c(Cl)c(N(C(=O)OC(C)(C)C)C(=O)N(C)c2cc(N(C(=O)OC(C)(C)C)c3ccc(C)cc3[N+](=O)[O-])ncn2)c1Cl. The van der Waals surface area contributed by atoms with E-state index < -0.39 is 40.0 Å². The number of anilines is 4. The van der Waals surface area contributed by atoms with Crippen LogP contribution in [-0.4, -0.2) is 65.6 Å². The number of carbonyl (C=O) groups excluding carboxylic acids is 3. The number of aryl methyl sites for hydroxylation is 1. The van der Waals surface area contributed by atoms with E-state index in [1.54, 1.807) is 54.5 Å². The van der Waals surface area contributed by atoms with Gasteiger partial charge >= 0.3 is 18.2 Å². The number of ether oxygens (including phenoxy) is 4. The Kier molecular flexibility index (Phi) is 11.3. The van der Waals surface area contributed by atoms with E-state index in [0.717, 1.165) is 16.1 Å². The van der Waals surface area contributed by atoms with Gasteiger partial charge in [0.05, 0.1) is 19.1 Å². The van der Waals surface area contributed by atoms with Crippen molar-refractivity contribution in [1.82, 2.24) is 9.97 Å². The number of nitrogens with zero attached hydrogens (tertiary/aromatic N) is 6. The van der Waals surface area contributed by atoms with E-state index in [0.29, 0.717) is 10.5 Å². The lowest BCUT2D eigenvalue weighted by atomic mass is 10.1. The summed E-state index contributed by atoms with van der Waals surface area (Å²) in [7, 11) is 3.92. The predicted molar refractivity (Wildman–Crippen MR) is 180 cm³/mol. The molecule has 17 heteroatoms. The fourth-order valence-electron chi connectivity index (χ4n) is 4.12. The lowest BCUT2D eigenvalue weighted by Gasteiger charge is -2.31. The van der Waals surface area contributed by atoms with Gasteiger partial charge in [-0.3, -0.25) is 15.0 Å². The summed E-state index contributed by atoms with van der Waals surface area (Å²) in [6.07, 6.45) is -1.12. The molecule has 0 atom stereocenters. The Hall–Kier alpha value is -4.89. The van der Waals surface area contributed by atoms with Gasteiger partial charge in [-0.05, 0) is 60.1 Å². The maximum atomic E-state index is 14.2. The second-order valence-corrected chi connectivity index (χ2v) is 13.0. The van der Waals surface area contributed by atoms with E-state index in [9.17, 15) is 24.5 Å². The summed E-state index contributed by atoms with van der Waals surface area (Å²) < 4.78 is 21.7. The van der Waals surface area contributed by atoms with Crippen LogP contribution in [0.1, 0.15) is 47.1 Å². The molecule has 0 radical (unpaired) electrons. The zero-order valence-electron chi connectivity index (χ0n) is 28.1. The second-order valence-electron chi connectivity index (χ2n) is 12.2. The first-order chi connectivity index (χ1) is 22.2. The third kappa shape index (κ3) is 8.52. The highest BCUT2D eigenvalue weighted by Crippen LogP contribution is 2.47. The maximum absolute atomic E-state index is 14.2. The molecule has 258 valence electrons. The number of hydrogen-bond donors (Lipinski definition) is 0. The molecule has 15 nitrogen and oxygen atoms in total. The molecule has 0 aliphatic heterocycles. The molecule has 0 aliphatic carbocycles. The van der Waals surface area contributed by atoms with Gasteiger partial charge in [0.25, 0.3) is 5.69 Å². The number of amides is 4. The van der Waals surface area contributed by atoms with Crippen molar-refractivity contribution in [3.8, 4) is 11.5 Å². The fourth-order valence-corrected chi connectivity index (χ4v) is 4.79. The van der Waals surface area contributed by atoms with Gasteiger partial charge in [-0.2, -0.15) is 4.90 Å². The molecule has 0 spiro atoms. The van der Waals surface area contributed by atoms with E-state index in [-0.39, 0.29) is 44.6 Å². The Morgan fingerprint density at radius 1 is 0.833 bits per heavy atom. The molecule has 2 aromatic carbocycles. The standard InChI is InChI=1S/C31H36Cl2N6O9/c1-17-11-12-18(19(13-17)39(43)44)37(28(41)47-30(2,3)4)23-15-22(34-16-35-23)36(8)27(40)38(29(42)48-31(5,6)7)26-24(32)20(45-9)14-21(46-10)25(26)33/h11-16H,1-10H3. The van der Waals surface area contributed by atoms with Crippen LogP contribution >= 0.6 is 23.2 Å². The number of carbonyl (C=O) groups is 3. The first kappa shape index (κ1) is 37.6. The monoisotopic (exact) mass is 706 g/mol. The molecule has 0 N–H and O–H groups in total. The van der Waals surface area contributed by atoms with Crippen LogP contribution in [-0.2, 0) is 9.47 Å². The van der Waals surface area contributed by atoms with Gasteiger partial charge in [0.1, 0.15) is 62.1 Å². The van der Waals surface area contributed by atoms with E-state index in [1.165, 1.54) is 45.5 Å². The zero-order chi connectivity index (χ0) is 36.3. The van der Waals surface area contributed by atoms with Gasteiger partial charge < -0.3 is 18.9 Å². The number of imide groups is 1. The van der Waals surface area contributed by atoms with Crippen LogP contribution in [0.25, 0.3) is 0 Å². The second kappa shape index (κ2) is 14.5. The highest BCUT2D eigenvalue weighted by Gasteiger charge is 2.38. The minimum atomic E-state index is -1.15. The molecule has 0 unspecified atom stereocenters. The summed E-state index contributed by atoms with van der Waals surface area (Å²) in [5, 5.41) is 11.6. The molecule has 0 saturated carbocycles. The lowest BCUT2D eigenvalue weighted by Crippen LogP contribution is -2.47. The predicted octanol–water partition coefficient (Wildman–Crippen LogP) is 8.09. The number of urea groups is 1. The van der Waals surface area contributed by atoms with Crippen LogP contribution in [0.5, 0.6) is 11.5 Å². The Bertz CT molecular complexity index is 1710. The van der Waals surface area contributed by atoms with Crippen molar-refractivity contribution in [3.05, 3.63) is 62.4 Å². The molecule has 3 rings (SSSR count). The smallest absolute Gasteiger partial charge is 0.423 e. The van der Waals surface area contributed by atoms with Crippen LogP contribution in [0.2, 0.25) is 10.0 Å². The summed E-state index contributed by atoms with van der Waals surface area (Å²) >= 11 is 13.2. The van der Waals surface area contributed by atoms with Crippen molar-refractivity contribution in [2.24, 2.45) is 0 Å². The highest BCUT2D eigenvalue weighted by atomic mass is 35.5.